The van der Waals surface area contributed by atoms with Crippen molar-refractivity contribution >= 4 is 51.4 Å². The van der Waals surface area contributed by atoms with Crippen molar-refractivity contribution in [2.24, 2.45) is 5.16 Å². The van der Waals surface area contributed by atoms with Crippen LogP contribution in [0.3, 0.4) is 0 Å². The normalized spacial score (nSPS) is 12.5. The maximum absolute atomic E-state index is 13.8. The highest BCUT2D eigenvalue weighted by molar-refractivity contribution is 14.1. The lowest BCUT2D eigenvalue weighted by molar-refractivity contribution is -0.133. The van der Waals surface area contributed by atoms with E-state index in [1.165, 1.54) is 20.5 Å². The van der Waals surface area contributed by atoms with E-state index in [-0.39, 0.29) is 17.2 Å². The number of rotatable bonds is 9. The van der Waals surface area contributed by atoms with Gasteiger partial charge in [-0.25, -0.2) is 4.79 Å². The molecule has 0 saturated carbocycles. The molecule has 0 amide bonds. The number of oxime groups is 1. The molecule has 0 aliphatic heterocycles. The molecule has 2 rings (SSSR count). The molecule has 0 atom stereocenters. The predicted octanol–water partition coefficient (Wildman–Crippen LogP) is 6.63. The van der Waals surface area contributed by atoms with Crippen LogP contribution < -0.4 is 0 Å². The minimum absolute atomic E-state index is 0.0365. The first-order chi connectivity index (χ1) is 15.5. The summed E-state index contributed by atoms with van der Waals surface area (Å²) in [5.74, 6) is -0.554. The van der Waals surface area contributed by atoms with Crippen LogP contribution in [0.15, 0.2) is 41.7 Å². The summed E-state index contributed by atoms with van der Waals surface area (Å²) in [6.07, 6.45) is 0.784. The van der Waals surface area contributed by atoms with Crippen molar-refractivity contribution in [1.29, 1.82) is 0 Å². The molecule has 0 saturated heterocycles. The molecule has 0 fully saturated rings. The highest BCUT2D eigenvalue weighted by atomic mass is 127. The Morgan fingerprint density at radius 1 is 1.12 bits per heavy atom. The Morgan fingerprint density at radius 2 is 1.82 bits per heavy atom. The van der Waals surface area contributed by atoms with E-state index in [2.05, 4.69) is 5.16 Å². The quantitative estimate of drug-likeness (QED) is 0.0625. The smallest absolute Gasteiger partial charge is 0.341 e. The highest BCUT2D eigenvalue weighted by Gasteiger charge is 2.28. The maximum Gasteiger partial charge on any atom is 0.341 e. The molecule has 0 N–H and O–H groups in total. The average molecular weight is 592 g/mol. The maximum atomic E-state index is 13.8. The molecule has 0 aliphatic carbocycles. The van der Waals surface area contributed by atoms with Gasteiger partial charge in [0.1, 0.15) is 12.2 Å². The van der Waals surface area contributed by atoms with Gasteiger partial charge in [0.05, 0.1) is 26.2 Å². The number of carbonyl (C=O) groups excluding carboxylic acids is 1. The van der Waals surface area contributed by atoms with Crippen LogP contribution in [-0.4, -0.2) is 29.8 Å². The largest absolute Gasteiger partial charge is 0.503 e. The molecule has 0 spiro atoms. The van der Waals surface area contributed by atoms with Crippen LogP contribution >= 0.6 is 34.2 Å². The number of esters is 1. The number of ether oxygens (including phenoxy) is 2. The third-order valence-electron chi connectivity index (χ3n) is 4.96. The fourth-order valence-corrected chi connectivity index (χ4v) is 3.90. The summed E-state index contributed by atoms with van der Waals surface area (Å²) in [5, 5.41) is 4.43. The summed E-state index contributed by atoms with van der Waals surface area (Å²) in [5.41, 5.74) is 4.31. The number of carbonyl (C=O) groups is 1. The molecule has 0 aliphatic rings. The number of alkyl halides is 3. The van der Waals surface area contributed by atoms with Crippen molar-refractivity contribution in [1.82, 2.24) is 0 Å². The predicted molar refractivity (Wildman–Crippen MR) is 134 cm³/mol. The molecular weight excluding hydrogens is 567 g/mol. The monoisotopic (exact) mass is 591 g/mol. The Hall–Kier alpha value is -2.20. The summed E-state index contributed by atoms with van der Waals surface area (Å²) >= 11 is 7.43. The van der Waals surface area contributed by atoms with E-state index >= 15 is 0 Å². The third kappa shape index (κ3) is 7.14. The first-order valence-electron chi connectivity index (χ1n) is 9.92. The molecule has 0 heterocycles. The van der Waals surface area contributed by atoms with E-state index in [9.17, 15) is 13.6 Å². The Balaban J connectivity index is 2.38. The molecule has 0 unspecified atom stereocenters. The van der Waals surface area contributed by atoms with E-state index in [0.29, 0.717) is 33.5 Å². The van der Waals surface area contributed by atoms with Crippen LogP contribution in [0.5, 0.6) is 0 Å². The molecule has 2 aromatic rings. The Bertz CT molecular complexity index is 1080. The average Bonchev–Trinajstić information content (AvgIpc) is 2.75. The van der Waals surface area contributed by atoms with Gasteiger partial charge in [-0.1, -0.05) is 47.1 Å². The third-order valence-corrected chi connectivity index (χ3v) is 5.86. The summed E-state index contributed by atoms with van der Waals surface area (Å²) in [4.78, 5) is 17.8. The van der Waals surface area contributed by atoms with Crippen molar-refractivity contribution in [3.05, 3.63) is 75.0 Å². The summed E-state index contributed by atoms with van der Waals surface area (Å²) < 4.78 is 34.5. The lowest BCUT2D eigenvalue weighted by Crippen LogP contribution is -2.14. The Labute approximate surface area is 210 Å². The number of halogens is 4. The minimum Gasteiger partial charge on any atom is -0.503 e. The molecule has 5 nitrogen and oxygen atoms in total. The highest BCUT2D eigenvalue weighted by Crippen LogP contribution is 2.34. The Kier molecular flexibility index (Phi) is 9.66. The van der Waals surface area contributed by atoms with E-state index in [1.807, 2.05) is 13.0 Å². The molecule has 2 aromatic carbocycles. The number of benzene rings is 2. The van der Waals surface area contributed by atoms with E-state index in [0.717, 1.165) is 28.2 Å². The van der Waals surface area contributed by atoms with Gasteiger partial charge in [0.2, 0.25) is 0 Å². The minimum atomic E-state index is -2.96. The second kappa shape index (κ2) is 11.8. The van der Waals surface area contributed by atoms with Gasteiger partial charge in [-0.3, -0.25) is 0 Å². The van der Waals surface area contributed by atoms with Gasteiger partial charge in [-0.15, -0.1) is 0 Å². The molecule has 0 bridgehead atoms. The van der Waals surface area contributed by atoms with E-state index < -0.39 is 16.3 Å². The number of methoxy groups -OCH3 is 2. The van der Waals surface area contributed by atoms with Crippen molar-refractivity contribution < 1.29 is 27.9 Å². The first kappa shape index (κ1) is 27.0. The van der Waals surface area contributed by atoms with Crippen LogP contribution in [-0.2, 0) is 32.1 Å². The summed E-state index contributed by atoms with van der Waals surface area (Å²) in [6.45, 7) is 5.34. The van der Waals surface area contributed by atoms with Crippen LogP contribution in [0.1, 0.15) is 40.3 Å². The molecule has 0 aromatic heterocycles. The number of hydrogen-bond acceptors (Lipinski definition) is 5. The van der Waals surface area contributed by atoms with Crippen molar-refractivity contribution in [3.63, 3.8) is 0 Å². The van der Waals surface area contributed by atoms with Gasteiger partial charge in [0, 0.05) is 22.6 Å². The number of nitrogens with zero attached hydrogens (tertiary/aromatic N) is 1. The lowest BCUT2D eigenvalue weighted by atomic mass is 9.97. The second-order valence-corrected chi connectivity index (χ2v) is 9.28. The van der Waals surface area contributed by atoms with Gasteiger partial charge in [0.15, 0.2) is 0 Å². The van der Waals surface area contributed by atoms with Crippen LogP contribution in [0.4, 0.5) is 8.78 Å². The van der Waals surface area contributed by atoms with E-state index in [4.69, 9.17) is 25.9 Å². The van der Waals surface area contributed by atoms with Gasteiger partial charge >= 0.3 is 9.90 Å². The number of aryl methyl sites for hydroxylation is 2. The molecule has 33 heavy (non-hydrogen) atoms. The van der Waals surface area contributed by atoms with Gasteiger partial charge in [-0.2, -0.15) is 8.78 Å². The summed E-state index contributed by atoms with van der Waals surface area (Å²) in [7, 11) is 2.72. The molecule has 0 radical (unpaired) electrons. The van der Waals surface area contributed by atoms with Gasteiger partial charge in [0.25, 0.3) is 0 Å². The standard InChI is InChI=1S/C24H25ClF2INO4/c1-14-7-6-8-18(21(12-31-4)23(30)32-5)20(14)13-33-29-16(3)17-10-9-15(2)22(25)19(17)11-24(26,27)28/h6-10,12H,11,13H2,1-5H3/b21-12+,29-16+. The van der Waals surface area contributed by atoms with Crippen LogP contribution in [0, 0.1) is 13.8 Å². The molecular formula is C24H25ClF2INO4. The molecule has 9 heteroatoms. The number of hydrogen-bond donors (Lipinski definition) is 0. The zero-order valence-corrected chi connectivity index (χ0v) is 21.9. The lowest BCUT2D eigenvalue weighted by Gasteiger charge is -2.16. The second-order valence-electron chi connectivity index (χ2n) is 7.32. The fourth-order valence-electron chi connectivity index (χ4n) is 3.29. The molecule has 178 valence electrons. The first-order valence-corrected chi connectivity index (χ1v) is 11.4. The SMILES string of the molecule is CO/C=C(/C(=O)OC)c1cccc(C)c1CO/N=C(\C)c1ccc(C)c(Cl)c1CC(F)(F)I. The van der Waals surface area contributed by atoms with Gasteiger partial charge in [-0.05, 0) is 65.6 Å². The summed E-state index contributed by atoms with van der Waals surface area (Å²) in [6, 6.07) is 8.89. The Morgan fingerprint density at radius 3 is 2.42 bits per heavy atom. The topological polar surface area (TPSA) is 57.1 Å². The van der Waals surface area contributed by atoms with Crippen LogP contribution in [0.2, 0.25) is 5.02 Å². The van der Waals surface area contributed by atoms with E-state index in [1.54, 1.807) is 38.1 Å². The van der Waals surface area contributed by atoms with Crippen molar-refractivity contribution in [2.45, 2.75) is 37.7 Å². The zero-order valence-electron chi connectivity index (χ0n) is 19.0. The van der Waals surface area contributed by atoms with Crippen LogP contribution in [0.25, 0.3) is 5.57 Å². The fraction of sp³-hybridized carbons (Fsp3) is 0.333. The van der Waals surface area contributed by atoms with Crippen molar-refractivity contribution in [2.75, 3.05) is 14.2 Å². The van der Waals surface area contributed by atoms with Crippen molar-refractivity contribution in [3.8, 4) is 0 Å². The van der Waals surface area contributed by atoms with Gasteiger partial charge < -0.3 is 14.3 Å². The zero-order chi connectivity index (χ0) is 24.8.